The number of benzene rings is 1. The lowest BCUT2D eigenvalue weighted by molar-refractivity contribution is 0.141. The van der Waals surface area contributed by atoms with E-state index in [-0.39, 0.29) is 5.82 Å². The largest absolute Gasteiger partial charge is 0.388 e. The smallest absolute Gasteiger partial charge is 0.143 e. The normalized spacial score (nSPS) is 14.8. The molecular weight excluding hydrogens is 271 g/mol. The second kappa shape index (κ2) is 6.36. The summed E-state index contributed by atoms with van der Waals surface area (Å²) in [6, 6.07) is 5.03. The van der Waals surface area contributed by atoms with Crippen molar-refractivity contribution in [2.24, 2.45) is 5.92 Å². The molecule has 0 heterocycles. The maximum absolute atomic E-state index is 13.7. The van der Waals surface area contributed by atoms with E-state index < -0.39 is 6.10 Å². The second-order valence-electron chi connectivity index (χ2n) is 4.29. The highest BCUT2D eigenvalue weighted by Crippen LogP contribution is 2.28. The Morgan fingerprint density at radius 2 is 2.12 bits per heavy atom. The highest BCUT2D eigenvalue weighted by atomic mass is 79.9. The molecule has 0 saturated carbocycles. The first-order valence-corrected chi connectivity index (χ1v) is 6.47. The minimum absolute atomic E-state index is 0.348. The van der Waals surface area contributed by atoms with Crippen LogP contribution in [0.15, 0.2) is 22.7 Å². The molecular formula is C13H18BrFO. The molecule has 0 amide bonds. The van der Waals surface area contributed by atoms with E-state index >= 15 is 0 Å². The molecule has 3 heteroatoms. The fourth-order valence-electron chi connectivity index (χ4n) is 1.90. The Balaban J connectivity index is 2.72. The summed E-state index contributed by atoms with van der Waals surface area (Å²) >= 11 is 3.13. The summed E-state index contributed by atoms with van der Waals surface area (Å²) < 4.78 is 14.1. The molecule has 0 spiro atoms. The zero-order valence-electron chi connectivity index (χ0n) is 9.71. The fraction of sp³-hybridized carbons (Fsp3) is 0.538. The molecule has 0 aliphatic rings. The lowest BCUT2D eigenvalue weighted by Gasteiger charge is -2.17. The van der Waals surface area contributed by atoms with E-state index in [0.717, 1.165) is 12.8 Å². The lowest BCUT2D eigenvalue weighted by atomic mass is 9.95. The molecule has 90 valence electrons. The van der Waals surface area contributed by atoms with Crippen molar-refractivity contribution in [3.05, 3.63) is 34.1 Å². The van der Waals surface area contributed by atoms with E-state index in [2.05, 4.69) is 29.8 Å². The van der Waals surface area contributed by atoms with Gasteiger partial charge in [-0.1, -0.05) is 38.8 Å². The van der Waals surface area contributed by atoms with Crippen LogP contribution in [-0.4, -0.2) is 5.11 Å². The Hall–Kier alpha value is -0.410. The molecule has 1 rings (SSSR count). The van der Waals surface area contributed by atoms with Gasteiger partial charge in [0.1, 0.15) is 5.82 Å². The van der Waals surface area contributed by atoms with Crippen LogP contribution >= 0.6 is 15.9 Å². The van der Waals surface area contributed by atoms with Gasteiger partial charge in [-0.2, -0.15) is 0 Å². The summed E-state index contributed by atoms with van der Waals surface area (Å²) in [7, 11) is 0. The van der Waals surface area contributed by atoms with Crippen LogP contribution in [0.3, 0.4) is 0 Å². The molecule has 0 fully saturated rings. The first kappa shape index (κ1) is 13.7. The third-order valence-corrected chi connectivity index (χ3v) is 3.36. The highest BCUT2D eigenvalue weighted by Gasteiger charge is 2.16. The minimum atomic E-state index is -0.709. The average Bonchev–Trinajstić information content (AvgIpc) is 2.22. The van der Waals surface area contributed by atoms with Gasteiger partial charge in [0.2, 0.25) is 0 Å². The first-order chi connectivity index (χ1) is 7.56. The molecule has 1 aromatic rings. The van der Waals surface area contributed by atoms with Crippen molar-refractivity contribution >= 4 is 15.9 Å². The van der Waals surface area contributed by atoms with Gasteiger partial charge in [0.25, 0.3) is 0 Å². The summed E-state index contributed by atoms with van der Waals surface area (Å²) in [6.45, 7) is 4.20. The molecule has 1 aromatic carbocycles. The molecule has 16 heavy (non-hydrogen) atoms. The number of aliphatic hydroxyl groups is 1. The maximum atomic E-state index is 13.7. The molecule has 0 aliphatic carbocycles. The van der Waals surface area contributed by atoms with E-state index in [4.69, 9.17) is 0 Å². The van der Waals surface area contributed by atoms with Gasteiger partial charge in [-0.15, -0.1) is 0 Å². The van der Waals surface area contributed by atoms with Crippen molar-refractivity contribution in [2.75, 3.05) is 0 Å². The van der Waals surface area contributed by atoms with Crippen LogP contribution in [0, 0.1) is 11.7 Å². The monoisotopic (exact) mass is 288 g/mol. The number of aliphatic hydroxyl groups excluding tert-OH is 1. The first-order valence-electron chi connectivity index (χ1n) is 5.68. The standard InChI is InChI=1S/C13H18BrFO/c1-3-5-9(2)8-12(16)10-6-4-7-11(14)13(10)15/h4,6-7,9,12,16H,3,5,8H2,1-2H3. The quantitative estimate of drug-likeness (QED) is 0.849. The van der Waals surface area contributed by atoms with Crippen molar-refractivity contribution in [3.63, 3.8) is 0 Å². The van der Waals surface area contributed by atoms with Crippen molar-refractivity contribution in [3.8, 4) is 0 Å². The molecule has 0 bridgehead atoms. The van der Waals surface area contributed by atoms with Crippen LogP contribution < -0.4 is 0 Å². The number of hydrogen-bond acceptors (Lipinski definition) is 1. The van der Waals surface area contributed by atoms with Gasteiger partial charge >= 0.3 is 0 Å². The summed E-state index contributed by atoms with van der Waals surface area (Å²) in [5.74, 6) is 0.0667. The Labute approximate surface area is 105 Å². The van der Waals surface area contributed by atoms with Gasteiger partial charge in [0, 0.05) is 5.56 Å². The molecule has 1 nitrogen and oxygen atoms in total. The topological polar surface area (TPSA) is 20.2 Å². The molecule has 0 radical (unpaired) electrons. The number of halogens is 2. The number of rotatable bonds is 5. The van der Waals surface area contributed by atoms with Crippen molar-refractivity contribution < 1.29 is 9.50 Å². The van der Waals surface area contributed by atoms with Crippen LogP contribution in [0.5, 0.6) is 0 Å². The third-order valence-electron chi connectivity index (χ3n) is 2.75. The summed E-state index contributed by atoms with van der Waals surface area (Å²) in [4.78, 5) is 0. The predicted molar refractivity (Wildman–Crippen MR) is 67.7 cm³/mol. The minimum Gasteiger partial charge on any atom is -0.388 e. The predicted octanol–water partition coefficient (Wildman–Crippen LogP) is 4.45. The Morgan fingerprint density at radius 3 is 2.75 bits per heavy atom. The third kappa shape index (κ3) is 3.56. The Bertz CT molecular complexity index is 341. The lowest BCUT2D eigenvalue weighted by Crippen LogP contribution is -2.06. The SMILES string of the molecule is CCCC(C)CC(O)c1cccc(Br)c1F. The Kier molecular flexibility index (Phi) is 5.42. The maximum Gasteiger partial charge on any atom is 0.143 e. The van der Waals surface area contributed by atoms with Crippen LogP contribution in [0.4, 0.5) is 4.39 Å². The van der Waals surface area contributed by atoms with E-state index in [1.165, 1.54) is 0 Å². The fourth-order valence-corrected chi connectivity index (χ4v) is 2.28. The van der Waals surface area contributed by atoms with Crippen molar-refractivity contribution in [2.45, 2.75) is 39.2 Å². The van der Waals surface area contributed by atoms with E-state index in [9.17, 15) is 9.50 Å². The van der Waals surface area contributed by atoms with Crippen molar-refractivity contribution in [1.82, 2.24) is 0 Å². The number of hydrogen-bond donors (Lipinski definition) is 1. The van der Waals surface area contributed by atoms with E-state index in [0.29, 0.717) is 22.4 Å². The van der Waals surface area contributed by atoms with Crippen LogP contribution in [-0.2, 0) is 0 Å². The summed E-state index contributed by atoms with van der Waals surface area (Å²) in [6.07, 6.45) is 2.06. The van der Waals surface area contributed by atoms with Gasteiger partial charge in [0.15, 0.2) is 0 Å². The van der Waals surface area contributed by atoms with E-state index in [1.807, 2.05) is 0 Å². The van der Waals surface area contributed by atoms with Gasteiger partial charge in [-0.3, -0.25) is 0 Å². The molecule has 2 unspecified atom stereocenters. The molecule has 0 aromatic heterocycles. The molecule has 1 N–H and O–H groups in total. The van der Waals surface area contributed by atoms with Gasteiger partial charge in [0.05, 0.1) is 10.6 Å². The van der Waals surface area contributed by atoms with Gasteiger partial charge < -0.3 is 5.11 Å². The van der Waals surface area contributed by atoms with Crippen LogP contribution in [0.2, 0.25) is 0 Å². The van der Waals surface area contributed by atoms with Crippen LogP contribution in [0.25, 0.3) is 0 Å². The second-order valence-corrected chi connectivity index (χ2v) is 5.14. The molecule has 0 aliphatic heterocycles. The molecule has 0 saturated heterocycles. The zero-order chi connectivity index (χ0) is 12.1. The summed E-state index contributed by atoms with van der Waals surface area (Å²) in [5, 5.41) is 9.96. The van der Waals surface area contributed by atoms with Crippen LogP contribution in [0.1, 0.15) is 44.8 Å². The van der Waals surface area contributed by atoms with Gasteiger partial charge in [-0.05, 0) is 34.3 Å². The molecule has 2 atom stereocenters. The highest BCUT2D eigenvalue weighted by molar-refractivity contribution is 9.10. The average molecular weight is 289 g/mol. The van der Waals surface area contributed by atoms with Gasteiger partial charge in [-0.25, -0.2) is 4.39 Å². The van der Waals surface area contributed by atoms with Crippen molar-refractivity contribution in [1.29, 1.82) is 0 Å². The Morgan fingerprint density at radius 1 is 1.44 bits per heavy atom. The zero-order valence-corrected chi connectivity index (χ0v) is 11.3. The summed E-state index contributed by atoms with van der Waals surface area (Å²) in [5.41, 5.74) is 0.386. The van der Waals surface area contributed by atoms with E-state index in [1.54, 1.807) is 18.2 Å².